The molecule has 0 amide bonds. The summed E-state index contributed by atoms with van der Waals surface area (Å²) in [6, 6.07) is 0. The molecule has 1 aliphatic rings. The Balaban J connectivity index is 2.87. The van der Waals surface area contributed by atoms with Crippen LogP contribution >= 0.6 is 0 Å². The highest BCUT2D eigenvalue weighted by atomic mass is 28.4. The van der Waals surface area contributed by atoms with Crippen molar-refractivity contribution in [1.82, 2.24) is 0 Å². The van der Waals surface area contributed by atoms with Crippen LogP contribution in [0.1, 0.15) is 74.1 Å². The number of methoxy groups -OCH3 is 2. The summed E-state index contributed by atoms with van der Waals surface area (Å²) in [5.74, 6) is -1.95. The summed E-state index contributed by atoms with van der Waals surface area (Å²) in [4.78, 5) is 12.2. The zero-order valence-corrected chi connectivity index (χ0v) is 23.3. The van der Waals surface area contributed by atoms with Crippen LogP contribution in [-0.2, 0) is 23.4 Å². The van der Waals surface area contributed by atoms with Gasteiger partial charge in [-0.05, 0) is 51.2 Å². The zero-order valence-electron chi connectivity index (χ0n) is 22.3. The van der Waals surface area contributed by atoms with Gasteiger partial charge in [0.25, 0.3) is 0 Å². The summed E-state index contributed by atoms with van der Waals surface area (Å²) in [5.41, 5.74) is 0.544. The lowest BCUT2D eigenvalue weighted by Gasteiger charge is -2.48. The average Bonchev–Trinajstić information content (AvgIpc) is 2.71. The van der Waals surface area contributed by atoms with Crippen LogP contribution in [0.15, 0.2) is 11.6 Å². The van der Waals surface area contributed by atoms with Crippen LogP contribution in [0.4, 0.5) is 0 Å². The van der Waals surface area contributed by atoms with Gasteiger partial charge in [0, 0.05) is 25.6 Å². The predicted molar refractivity (Wildman–Crippen MR) is 131 cm³/mol. The third kappa shape index (κ3) is 6.89. The molecule has 4 atom stereocenters. The van der Waals surface area contributed by atoms with Crippen LogP contribution in [0.2, 0.25) is 18.1 Å². The maximum Gasteiger partial charge on any atom is 0.313 e. The zero-order chi connectivity index (χ0) is 25.0. The largest absolute Gasteiger partial charge is 0.469 e. The second-order valence-electron chi connectivity index (χ2n) is 11.4. The van der Waals surface area contributed by atoms with Crippen molar-refractivity contribution in [2.24, 2.45) is 11.3 Å². The Bertz CT molecular complexity index is 651. The van der Waals surface area contributed by atoms with E-state index in [1.165, 1.54) is 7.11 Å². The highest BCUT2D eigenvalue weighted by molar-refractivity contribution is 6.74. The summed E-state index contributed by atoms with van der Waals surface area (Å²) >= 11 is 0. The van der Waals surface area contributed by atoms with E-state index < -0.39 is 31.5 Å². The normalized spacial score (nSPS) is 25.4. The van der Waals surface area contributed by atoms with Gasteiger partial charge in [0.05, 0.1) is 19.3 Å². The third-order valence-corrected chi connectivity index (χ3v) is 12.2. The molecule has 1 rings (SSSR count). The highest BCUT2D eigenvalue weighted by Gasteiger charge is 2.50. The maximum absolute atomic E-state index is 12.2. The third-order valence-electron chi connectivity index (χ3n) is 7.69. The molecular formula is C25H48O6Si. The van der Waals surface area contributed by atoms with Crippen LogP contribution in [0.5, 0.6) is 0 Å². The number of aliphatic hydroxyl groups excluding tert-OH is 1. The van der Waals surface area contributed by atoms with Crippen molar-refractivity contribution in [3.63, 3.8) is 0 Å². The van der Waals surface area contributed by atoms with Gasteiger partial charge in [-0.1, -0.05) is 46.3 Å². The molecule has 32 heavy (non-hydrogen) atoms. The van der Waals surface area contributed by atoms with Gasteiger partial charge < -0.3 is 23.7 Å². The Labute approximate surface area is 197 Å². The topological polar surface area (TPSA) is 74.2 Å². The summed E-state index contributed by atoms with van der Waals surface area (Å²) < 4.78 is 23.3. The SMILES string of the molecule is COC(=O)C(C)[C@]1(OC)CCC[C@H](C(C)(C)C(O)/C=C(\C)CCO[Si](C)(C)C(C)(C)C)O1. The van der Waals surface area contributed by atoms with Crippen LogP contribution in [0.25, 0.3) is 0 Å². The fraction of sp³-hybridized carbons (Fsp3) is 0.880. The number of carbonyl (C=O) groups excluding carboxylic acids is 1. The van der Waals surface area contributed by atoms with E-state index in [-0.39, 0.29) is 17.1 Å². The maximum atomic E-state index is 12.2. The Kier molecular flexibility index (Phi) is 10.2. The van der Waals surface area contributed by atoms with Crippen LogP contribution in [0, 0.1) is 11.3 Å². The van der Waals surface area contributed by atoms with E-state index in [0.29, 0.717) is 13.0 Å². The molecule has 0 aliphatic carbocycles. The fourth-order valence-electron chi connectivity index (χ4n) is 3.86. The molecular weight excluding hydrogens is 424 g/mol. The second-order valence-corrected chi connectivity index (χ2v) is 16.2. The molecule has 1 saturated heterocycles. The predicted octanol–water partition coefficient (Wildman–Crippen LogP) is 5.45. The van der Waals surface area contributed by atoms with Crippen LogP contribution in [-0.4, -0.2) is 58.2 Å². The first-order chi connectivity index (χ1) is 14.5. The molecule has 6 nitrogen and oxygen atoms in total. The monoisotopic (exact) mass is 472 g/mol. The fourth-order valence-corrected chi connectivity index (χ4v) is 4.91. The first kappa shape index (κ1) is 29.3. The van der Waals surface area contributed by atoms with E-state index in [9.17, 15) is 9.90 Å². The summed E-state index contributed by atoms with van der Waals surface area (Å²) in [6.45, 7) is 19.7. The number of ether oxygens (including phenoxy) is 3. The van der Waals surface area contributed by atoms with Crippen molar-refractivity contribution in [2.75, 3.05) is 20.8 Å². The first-order valence-electron chi connectivity index (χ1n) is 11.8. The molecule has 7 heteroatoms. The van der Waals surface area contributed by atoms with Crippen LogP contribution in [0.3, 0.4) is 0 Å². The number of hydrogen-bond acceptors (Lipinski definition) is 6. The van der Waals surface area contributed by atoms with Crippen molar-refractivity contribution in [3.05, 3.63) is 11.6 Å². The minimum absolute atomic E-state index is 0.180. The smallest absolute Gasteiger partial charge is 0.313 e. The molecule has 1 heterocycles. The lowest BCUT2D eigenvalue weighted by atomic mass is 9.75. The number of carbonyl (C=O) groups is 1. The second kappa shape index (κ2) is 11.1. The van der Waals surface area contributed by atoms with E-state index in [0.717, 1.165) is 24.8 Å². The van der Waals surface area contributed by atoms with Gasteiger partial charge >= 0.3 is 5.97 Å². The van der Waals surface area contributed by atoms with Crippen molar-refractivity contribution < 1.29 is 28.5 Å². The summed E-state index contributed by atoms with van der Waals surface area (Å²) in [5, 5.41) is 11.3. The molecule has 0 aromatic carbocycles. The van der Waals surface area contributed by atoms with Crippen molar-refractivity contribution >= 4 is 14.3 Å². The Morgan fingerprint density at radius 2 is 1.84 bits per heavy atom. The first-order valence-corrected chi connectivity index (χ1v) is 14.7. The van der Waals surface area contributed by atoms with Gasteiger partial charge in [-0.3, -0.25) is 4.79 Å². The van der Waals surface area contributed by atoms with E-state index >= 15 is 0 Å². The lowest BCUT2D eigenvalue weighted by Crippen LogP contribution is -2.55. The number of aliphatic hydroxyl groups is 1. The quantitative estimate of drug-likeness (QED) is 0.259. The molecule has 0 radical (unpaired) electrons. The Hall–Kier alpha value is -0.733. The van der Waals surface area contributed by atoms with Crippen LogP contribution < -0.4 is 0 Å². The van der Waals surface area contributed by atoms with E-state index in [4.69, 9.17) is 18.6 Å². The van der Waals surface area contributed by atoms with E-state index in [2.05, 4.69) is 33.9 Å². The molecule has 0 saturated carbocycles. The Morgan fingerprint density at radius 1 is 1.25 bits per heavy atom. The van der Waals surface area contributed by atoms with Crippen molar-refractivity contribution in [2.45, 2.75) is 110 Å². The number of rotatable bonds is 10. The Morgan fingerprint density at radius 3 is 2.34 bits per heavy atom. The molecule has 1 fully saturated rings. The molecule has 1 aliphatic heterocycles. The summed E-state index contributed by atoms with van der Waals surface area (Å²) in [6.07, 6.45) is 4.01. The molecule has 188 valence electrons. The minimum atomic E-state index is -1.78. The van der Waals surface area contributed by atoms with Gasteiger partial charge in [0.1, 0.15) is 5.92 Å². The van der Waals surface area contributed by atoms with Crippen molar-refractivity contribution in [3.8, 4) is 0 Å². The van der Waals surface area contributed by atoms with Gasteiger partial charge in [-0.15, -0.1) is 0 Å². The molecule has 2 unspecified atom stereocenters. The summed E-state index contributed by atoms with van der Waals surface area (Å²) in [7, 11) is 1.16. The van der Waals surface area contributed by atoms with E-state index in [1.54, 1.807) is 14.0 Å². The van der Waals surface area contributed by atoms with E-state index in [1.807, 2.05) is 26.8 Å². The van der Waals surface area contributed by atoms with Gasteiger partial charge in [0.15, 0.2) is 14.1 Å². The van der Waals surface area contributed by atoms with Crippen molar-refractivity contribution in [1.29, 1.82) is 0 Å². The van der Waals surface area contributed by atoms with Gasteiger partial charge in [0.2, 0.25) is 0 Å². The van der Waals surface area contributed by atoms with Gasteiger partial charge in [-0.25, -0.2) is 0 Å². The molecule has 1 N–H and O–H groups in total. The van der Waals surface area contributed by atoms with Gasteiger partial charge in [-0.2, -0.15) is 0 Å². The molecule has 0 aromatic heterocycles. The molecule has 0 spiro atoms. The number of esters is 1. The lowest BCUT2D eigenvalue weighted by molar-refractivity contribution is -0.310. The minimum Gasteiger partial charge on any atom is -0.469 e. The number of hydrogen-bond donors (Lipinski definition) is 1. The average molecular weight is 473 g/mol. The highest BCUT2D eigenvalue weighted by Crippen LogP contribution is 2.43. The molecule has 0 bridgehead atoms. The standard InChI is InChI=1S/C25H48O6Si/c1-18(14-16-30-32(10,11)23(3,4)5)17-20(26)24(6,7)21-13-12-15-25(29-9,31-21)19(2)22(27)28-8/h17,19-21,26H,12-16H2,1-11H3/b18-17+/t19?,20?,21-,25+/m1/s1. The molecule has 0 aromatic rings.